The maximum atomic E-state index is 12.3. The summed E-state index contributed by atoms with van der Waals surface area (Å²) in [6, 6.07) is 9.56. The zero-order valence-corrected chi connectivity index (χ0v) is 14.0. The van der Waals surface area contributed by atoms with E-state index in [2.05, 4.69) is 41.4 Å². The summed E-state index contributed by atoms with van der Waals surface area (Å²) in [5.74, 6) is 0.838. The summed E-state index contributed by atoms with van der Waals surface area (Å²) in [4.78, 5) is 15.6. The van der Waals surface area contributed by atoms with Gasteiger partial charge in [0.15, 0.2) is 0 Å². The first-order valence-electron chi connectivity index (χ1n) is 7.44. The number of nitrogens with one attached hydrogen (secondary N) is 1. The predicted molar refractivity (Wildman–Crippen MR) is 90.3 cm³/mol. The summed E-state index contributed by atoms with van der Waals surface area (Å²) in [5, 5.41) is 3.62. The van der Waals surface area contributed by atoms with Gasteiger partial charge in [-0.25, -0.2) is 0 Å². The Morgan fingerprint density at radius 2 is 1.95 bits per heavy atom. The molecule has 1 N–H and O–H groups in total. The van der Waals surface area contributed by atoms with E-state index in [1.165, 1.54) is 23.3 Å². The van der Waals surface area contributed by atoms with Crippen LogP contribution >= 0.6 is 24.2 Å². The number of thioether (sulfide) groups is 1. The van der Waals surface area contributed by atoms with Crippen molar-refractivity contribution in [1.82, 2.24) is 10.2 Å². The molecule has 0 radical (unpaired) electrons. The fourth-order valence-corrected chi connectivity index (χ4v) is 3.84. The predicted octanol–water partition coefficient (Wildman–Crippen LogP) is 2.86. The number of rotatable bonds is 3. The summed E-state index contributed by atoms with van der Waals surface area (Å²) >= 11 is 1.65. The fraction of sp³-hybridized carbons (Fsp3) is 0.562. The topological polar surface area (TPSA) is 32.3 Å². The van der Waals surface area contributed by atoms with Crippen LogP contribution in [0.3, 0.4) is 0 Å². The van der Waals surface area contributed by atoms with Crippen molar-refractivity contribution in [2.75, 3.05) is 18.8 Å². The molecular formula is C16H23ClN2OS. The first-order valence-corrected chi connectivity index (χ1v) is 8.42. The molecule has 1 aromatic carbocycles. The van der Waals surface area contributed by atoms with Gasteiger partial charge < -0.3 is 10.2 Å². The van der Waals surface area contributed by atoms with Gasteiger partial charge in [0, 0.05) is 30.1 Å². The van der Waals surface area contributed by atoms with E-state index >= 15 is 0 Å². The van der Waals surface area contributed by atoms with E-state index in [0.29, 0.717) is 17.8 Å². The van der Waals surface area contributed by atoms with Crippen molar-refractivity contribution in [1.29, 1.82) is 0 Å². The Morgan fingerprint density at radius 3 is 2.71 bits per heavy atom. The number of nitrogens with zero attached hydrogens (tertiary/aromatic N) is 1. The van der Waals surface area contributed by atoms with Gasteiger partial charge in [0.2, 0.25) is 5.91 Å². The number of fused-ring (bicyclic) bond motifs is 2. The lowest BCUT2D eigenvalue weighted by molar-refractivity contribution is -0.128. The number of halogens is 1. The van der Waals surface area contributed by atoms with E-state index in [9.17, 15) is 4.79 Å². The highest BCUT2D eigenvalue weighted by atomic mass is 35.5. The average Bonchev–Trinajstić information content (AvgIpc) is 2.77. The monoisotopic (exact) mass is 326 g/mol. The van der Waals surface area contributed by atoms with Crippen LogP contribution in [0.25, 0.3) is 0 Å². The lowest BCUT2D eigenvalue weighted by atomic mass is 10.1. The van der Waals surface area contributed by atoms with E-state index in [0.717, 1.165) is 19.5 Å². The van der Waals surface area contributed by atoms with Crippen LogP contribution in [0, 0.1) is 6.92 Å². The molecule has 21 heavy (non-hydrogen) atoms. The minimum Gasteiger partial charge on any atom is -0.340 e. The van der Waals surface area contributed by atoms with Crippen molar-refractivity contribution in [3.05, 3.63) is 29.8 Å². The molecular weight excluding hydrogens is 304 g/mol. The third kappa shape index (κ3) is 4.38. The molecule has 1 amide bonds. The molecule has 2 heterocycles. The number of carbonyl (C=O) groups is 1. The lowest BCUT2D eigenvalue weighted by Gasteiger charge is -2.24. The molecule has 3 nitrogen and oxygen atoms in total. The van der Waals surface area contributed by atoms with E-state index < -0.39 is 0 Å². The van der Waals surface area contributed by atoms with Crippen molar-refractivity contribution >= 4 is 30.1 Å². The number of benzene rings is 1. The zero-order chi connectivity index (χ0) is 13.9. The summed E-state index contributed by atoms with van der Waals surface area (Å²) in [5.41, 5.74) is 1.26. The van der Waals surface area contributed by atoms with Crippen LogP contribution in [0.1, 0.15) is 24.8 Å². The first-order chi connectivity index (χ1) is 9.70. The molecule has 116 valence electrons. The van der Waals surface area contributed by atoms with Gasteiger partial charge in [-0.15, -0.1) is 24.2 Å². The molecule has 2 aliphatic rings. The van der Waals surface area contributed by atoms with E-state index in [4.69, 9.17) is 0 Å². The minimum atomic E-state index is 0. The summed E-state index contributed by atoms with van der Waals surface area (Å²) in [7, 11) is 0. The second-order valence-electron chi connectivity index (χ2n) is 5.87. The molecule has 2 saturated heterocycles. The molecule has 2 fully saturated rings. The van der Waals surface area contributed by atoms with Gasteiger partial charge >= 0.3 is 0 Å². The Bertz CT molecular complexity index is 480. The molecule has 0 aliphatic carbocycles. The second kappa shape index (κ2) is 7.52. The van der Waals surface area contributed by atoms with Gasteiger partial charge in [-0.2, -0.15) is 0 Å². The van der Waals surface area contributed by atoms with Crippen LogP contribution in [-0.2, 0) is 4.79 Å². The largest absolute Gasteiger partial charge is 0.340 e. The van der Waals surface area contributed by atoms with Crippen LogP contribution in [0.4, 0.5) is 0 Å². The van der Waals surface area contributed by atoms with Crippen LogP contribution in [-0.4, -0.2) is 41.7 Å². The standard InChI is InChI=1S/C16H22N2OS.ClH/c1-12-2-6-15(7-3-12)20-11-16(19)18-9-8-13-4-5-14(10-18)17-13;/h2-3,6-7,13-14,17H,4-5,8-11H2,1H3;1H. The molecule has 5 heteroatoms. The summed E-state index contributed by atoms with van der Waals surface area (Å²) in [6.07, 6.45) is 3.61. The lowest BCUT2D eigenvalue weighted by Crippen LogP contribution is -2.39. The van der Waals surface area contributed by atoms with Crippen LogP contribution in [0.15, 0.2) is 29.2 Å². The fourth-order valence-electron chi connectivity index (χ4n) is 3.04. The Balaban J connectivity index is 0.00000161. The Labute approximate surface area is 137 Å². The highest BCUT2D eigenvalue weighted by Crippen LogP contribution is 2.22. The number of hydrogen-bond donors (Lipinski definition) is 1. The average molecular weight is 327 g/mol. The van der Waals surface area contributed by atoms with Crippen molar-refractivity contribution < 1.29 is 4.79 Å². The first kappa shape index (κ1) is 16.7. The van der Waals surface area contributed by atoms with Crippen molar-refractivity contribution in [3.63, 3.8) is 0 Å². The Morgan fingerprint density at radius 1 is 1.24 bits per heavy atom. The van der Waals surface area contributed by atoms with Crippen molar-refractivity contribution in [2.24, 2.45) is 0 Å². The molecule has 0 spiro atoms. The van der Waals surface area contributed by atoms with Crippen LogP contribution < -0.4 is 5.32 Å². The Hall–Kier alpha value is -0.710. The van der Waals surface area contributed by atoms with E-state index in [-0.39, 0.29) is 18.3 Å². The number of likely N-dealkylation sites (tertiary alicyclic amines) is 1. The number of carbonyl (C=O) groups excluding carboxylic acids is 1. The van der Waals surface area contributed by atoms with Crippen molar-refractivity contribution in [2.45, 2.75) is 43.2 Å². The number of amides is 1. The van der Waals surface area contributed by atoms with Crippen LogP contribution in [0.2, 0.25) is 0 Å². The Kier molecular flexibility index (Phi) is 5.97. The maximum absolute atomic E-state index is 12.3. The molecule has 2 unspecified atom stereocenters. The number of aryl methyl sites for hydroxylation is 1. The molecule has 0 aromatic heterocycles. The van der Waals surface area contributed by atoms with Gasteiger partial charge in [-0.05, 0) is 38.3 Å². The minimum absolute atomic E-state index is 0. The second-order valence-corrected chi connectivity index (χ2v) is 6.92. The highest BCUT2D eigenvalue weighted by molar-refractivity contribution is 8.00. The normalized spacial score (nSPS) is 24.3. The molecule has 2 aliphatic heterocycles. The van der Waals surface area contributed by atoms with E-state index in [1.54, 1.807) is 11.8 Å². The maximum Gasteiger partial charge on any atom is 0.232 e. The molecule has 2 atom stereocenters. The van der Waals surface area contributed by atoms with Crippen LogP contribution in [0.5, 0.6) is 0 Å². The molecule has 0 saturated carbocycles. The zero-order valence-electron chi connectivity index (χ0n) is 12.4. The SMILES string of the molecule is Cc1ccc(SCC(=O)N2CCC3CCC(C2)N3)cc1.Cl. The molecule has 3 rings (SSSR count). The third-order valence-corrected chi connectivity index (χ3v) is 5.26. The number of hydrogen-bond acceptors (Lipinski definition) is 3. The molecule has 1 aromatic rings. The van der Waals surface area contributed by atoms with Gasteiger partial charge in [0.05, 0.1) is 5.75 Å². The molecule has 2 bridgehead atoms. The third-order valence-electron chi connectivity index (χ3n) is 4.26. The van der Waals surface area contributed by atoms with Crippen molar-refractivity contribution in [3.8, 4) is 0 Å². The van der Waals surface area contributed by atoms with Gasteiger partial charge in [0.25, 0.3) is 0 Å². The van der Waals surface area contributed by atoms with Gasteiger partial charge in [0.1, 0.15) is 0 Å². The quantitative estimate of drug-likeness (QED) is 0.867. The van der Waals surface area contributed by atoms with Gasteiger partial charge in [-0.3, -0.25) is 4.79 Å². The highest BCUT2D eigenvalue weighted by Gasteiger charge is 2.30. The smallest absolute Gasteiger partial charge is 0.232 e. The van der Waals surface area contributed by atoms with Gasteiger partial charge in [-0.1, -0.05) is 17.7 Å². The van der Waals surface area contributed by atoms with E-state index in [1.807, 2.05) is 0 Å². The summed E-state index contributed by atoms with van der Waals surface area (Å²) in [6.45, 7) is 3.89. The summed E-state index contributed by atoms with van der Waals surface area (Å²) < 4.78 is 0.